The lowest BCUT2D eigenvalue weighted by molar-refractivity contribution is 0.194. The van der Waals surface area contributed by atoms with Gasteiger partial charge in [0.05, 0.1) is 18.6 Å². The second kappa shape index (κ2) is 6.87. The molecule has 1 atom stereocenters. The van der Waals surface area contributed by atoms with E-state index < -0.39 is 11.9 Å². The van der Waals surface area contributed by atoms with Crippen LogP contribution in [-0.2, 0) is 0 Å². The van der Waals surface area contributed by atoms with Gasteiger partial charge in [-0.1, -0.05) is 24.3 Å². The van der Waals surface area contributed by atoms with Gasteiger partial charge in [-0.15, -0.1) is 0 Å². The van der Waals surface area contributed by atoms with E-state index in [2.05, 4.69) is 6.07 Å². The Kier molecular flexibility index (Phi) is 4.91. The van der Waals surface area contributed by atoms with Crippen molar-refractivity contribution >= 4 is 11.4 Å². The highest BCUT2D eigenvalue weighted by molar-refractivity contribution is 5.67. The maximum absolute atomic E-state index is 14.0. The predicted octanol–water partition coefficient (Wildman–Crippen LogP) is 3.93. The molecule has 0 amide bonds. The van der Waals surface area contributed by atoms with E-state index in [0.717, 1.165) is 5.69 Å². The quantitative estimate of drug-likeness (QED) is 0.905. The van der Waals surface area contributed by atoms with E-state index in [0.29, 0.717) is 18.7 Å². The lowest BCUT2D eigenvalue weighted by Gasteiger charge is -2.27. The zero-order valence-electron chi connectivity index (χ0n) is 11.8. The van der Waals surface area contributed by atoms with E-state index in [-0.39, 0.29) is 5.56 Å². The standard InChI is InChI=1S/C17H17FN2O/c1-13(21)17-15(18)9-5-10-16(17)20(12-6-11-19)14-7-3-2-4-8-14/h2-5,7-10,13,21H,6,12H2,1H3. The molecule has 2 rings (SSSR count). The van der Waals surface area contributed by atoms with E-state index in [1.54, 1.807) is 12.1 Å². The van der Waals surface area contributed by atoms with Gasteiger partial charge < -0.3 is 10.0 Å². The Morgan fingerprint density at radius 1 is 1.19 bits per heavy atom. The van der Waals surface area contributed by atoms with Gasteiger partial charge in [0, 0.05) is 23.5 Å². The monoisotopic (exact) mass is 284 g/mol. The van der Waals surface area contributed by atoms with E-state index >= 15 is 0 Å². The van der Waals surface area contributed by atoms with Crippen LogP contribution in [0.15, 0.2) is 48.5 Å². The molecule has 0 spiro atoms. The van der Waals surface area contributed by atoms with Crippen LogP contribution in [0.5, 0.6) is 0 Å². The third kappa shape index (κ3) is 3.39. The second-order valence-corrected chi connectivity index (χ2v) is 4.74. The minimum atomic E-state index is -0.922. The van der Waals surface area contributed by atoms with Crippen LogP contribution in [-0.4, -0.2) is 11.7 Å². The number of hydrogen-bond acceptors (Lipinski definition) is 3. The Labute approximate surface area is 123 Å². The molecule has 3 nitrogen and oxygen atoms in total. The molecule has 21 heavy (non-hydrogen) atoms. The highest BCUT2D eigenvalue weighted by atomic mass is 19.1. The van der Waals surface area contributed by atoms with Crippen LogP contribution in [0, 0.1) is 17.1 Å². The summed E-state index contributed by atoms with van der Waals surface area (Å²) in [5.74, 6) is -0.444. The van der Waals surface area contributed by atoms with Crippen molar-refractivity contribution < 1.29 is 9.50 Å². The van der Waals surface area contributed by atoms with Crippen LogP contribution in [0.25, 0.3) is 0 Å². The Morgan fingerprint density at radius 3 is 2.52 bits per heavy atom. The highest BCUT2D eigenvalue weighted by Crippen LogP contribution is 2.33. The van der Waals surface area contributed by atoms with E-state index in [4.69, 9.17) is 5.26 Å². The highest BCUT2D eigenvalue weighted by Gasteiger charge is 2.19. The van der Waals surface area contributed by atoms with Crippen molar-refractivity contribution in [3.63, 3.8) is 0 Å². The van der Waals surface area contributed by atoms with Crippen molar-refractivity contribution in [3.8, 4) is 6.07 Å². The van der Waals surface area contributed by atoms with Crippen molar-refractivity contribution in [1.29, 1.82) is 5.26 Å². The molecule has 1 N–H and O–H groups in total. The van der Waals surface area contributed by atoms with E-state index in [9.17, 15) is 9.50 Å². The molecule has 0 aromatic heterocycles. The summed E-state index contributed by atoms with van der Waals surface area (Å²) in [6, 6.07) is 16.3. The first-order valence-electron chi connectivity index (χ1n) is 6.81. The molecule has 1 unspecified atom stereocenters. The molecular weight excluding hydrogens is 267 g/mol. The summed E-state index contributed by atoms with van der Waals surface area (Å²) in [6.45, 7) is 1.97. The fourth-order valence-electron chi connectivity index (χ4n) is 2.33. The molecule has 2 aromatic rings. The maximum Gasteiger partial charge on any atom is 0.131 e. The van der Waals surface area contributed by atoms with Crippen molar-refractivity contribution in [1.82, 2.24) is 0 Å². The smallest absolute Gasteiger partial charge is 0.131 e. The molecule has 0 fully saturated rings. The Hall–Kier alpha value is -2.38. The second-order valence-electron chi connectivity index (χ2n) is 4.74. The maximum atomic E-state index is 14.0. The molecule has 0 bridgehead atoms. The zero-order chi connectivity index (χ0) is 15.2. The molecule has 4 heteroatoms. The number of rotatable bonds is 5. The molecule has 0 radical (unpaired) electrons. The van der Waals surface area contributed by atoms with Crippen LogP contribution in [0.3, 0.4) is 0 Å². The first kappa shape index (κ1) is 15.0. The third-order valence-corrected chi connectivity index (χ3v) is 3.25. The van der Waals surface area contributed by atoms with E-state index in [1.807, 2.05) is 35.2 Å². The molecule has 0 aliphatic carbocycles. The van der Waals surface area contributed by atoms with Gasteiger partial charge in [-0.05, 0) is 31.2 Å². The third-order valence-electron chi connectivity index (χ3n) is 3.25. The van der Waals surface area contributed by atoms with Crippen LogP contribution in [0.2, 0.25) is 0 Å². The SMILES string of the molecule is CC(O)c1c(F)cccc1N(CCC#N)c1ccccc1. The fourth-order valence-corrected chi connectivity index (χ4v) is 2.33. The Morgan fingerprint density at radius 2 is 1.90 bits per heavy atom. The number of aliphatic hydroxyl groups is 1. The van der Waals surface area contributed by atoms with Gasteiger partial charge >= 0.3 is 0 Å². The average Bonchev–Trinajstić information content (AvgIpc) is 2.48. The van der Waals surface area contributed by atoms with Gasteiger partial charge in [0.15, 0.2) is 0 Å². The molecule has 0 heterocycles. The molecule has 0 aliphatic rings. The topological polar surface area (TPSA) is 47.3 Å². The molecular formula is C17H17FN2O. The van der Waals surface area contributed by atoms with Crippen molar-refractivity contribution in [2.24, 2.45) is 0 Å². The van der Waals surface area contributed by atoms with Crippen molar-refractivity contribution in [3.05, 3.63) is 59.9 Å². The van der Waals surface area contributed by atoms with Gasteiger partial charge in [0.1, 0.15) is 5.82 Å². The van der Waals surface area contributed by atoms with Crippen molar-refractivity contribution in [2.75, 3.05) is 11.4 Å². The minimum absolute atomic E-state index is 0.249. The number of nitriles is 1. The summed E-state index contributed by atoms with van der Waals surface area (Å²) in [7, 11) is 0. The lowest BCUT2D eigenvalue weighted by Crippen LogP contribution is -2.20. The summed E-state index contributed by atoms with van der Waals surface area (Å²) in [5.41, 5.74) is 1.70. The number of hydrogen-bond donors (Lipinski definition) is 1. The summed E-state index contributed by atoms with van der Waals surface area (Å²) in [4.78, 5) is 1.86. The number of aliphatic hydroxyl groups excluding tert-OH is 1. The van der Waals surface area contributed by atoms with Gasteiger partial charge in [0.25, 0.3) is 0 Å². The molecule has 0 saturated heterocycles. The summed E-state index contributed by atoms with van der Waals surface area (Å²) in [6.07, 6.45) is -0.612. The van der Waals surface area contributed by atoms with Crippen LogP contribution in [0.4, 0.5) is 15.8 Å². The summed E-state index contributed by atoms with van der Waals surface area (Å²) in [5, 5.41) is 18.7. The number of halogens is 1. The van der Waals surface area contributed by atoms with Crippen LogP contribution in [0.1, 0.15) is 25.0 Å². The number of para-hydroxylation sites is 1. The van der Waals surface area contributed by atoms with E-state index in [1.165, 1.54) is 13.0 Å². The first-order valence-corrected chi connectivity index (χ1v) is 6.81. The lowest BCUT2D eigenvalue weighted by atomic mass is 10.1. The Balaban J connectivity index is 2.52. The minimum Gasteiger partial charge on any atom is -0.389 e. The molecule has 0 saturated carbocycles. The van der Waals surface area contributed by atoms with Gasteiger partial charge in [-0.3, -0.25) is 0 Å². The number of benzene rings is 2. The average molecular weight is 284 g/mol. The largest absolute Gasteiger partial charge is 0.389 e. The fraction of sp³-hybridized carbons (Fsp3) is 0.235. The molecule has 108 valence electrons. The number of anilines is 2. The van der Waals surface area contributed by atoms with Gasteiger partial charge in [0.2, 0.25) is 0 Å². The first-order chi connectivity index (χ1) is 10.1. The van der Waals surface area contributed by atoms with Crippen molar-refractivity contribution in [2.45, 2.75) is 19.4 Å². The van der Waals surface area contributed by atoms with Crippen LogP contribution < -0.4 is 4.90 Å². The zero-order valence-corrected chi connectivity index (χ0v) is 11.8. The summed E-state index contributed by atoms with van der Waals surface area (Å²) < 4.78 is 14.0. The normalized spacial score (nSPS) is 11.7. The number of nitrogens with zero attached hydrogens (tertiary/aromatic N) is 2. The van der Waals surface area contributed by atoms with Gasteiger partial charge in [-0.2, -0.15) is 5.26 Å². The Bertz CT molecular complexity index is 635. The summed E-state index contributed by atoms with van der Waals surface area (Å²) >= 11 is 0. The molecule has 2 aromatic carbocycles. The van der Waals surface area contributed by atoms with Crippen LogP contribution >= 0.6 is 0 Å². The molecule has 0 aliphatic heterocycles. The predicted molar refractivity (Wildman–Crippen MR) is 80.7 cm³/mol. The van der Waals surface area contributed by atoms with Gasteiger partial charge in [-0.25, -0.2) is 4.39 Å².